The predicted octanol–water partition coefficient (Wildman–Crippen LogP) is 3.96. The predicted molar refractivity (Wildman–Crippen MR) is 143 cm³/mol. The second kappa shape index (κ2) is 15.5. The number of carbonyl (C=O) groups is 1. The van der Waals surface area contributed by atoms with Crippen LogP contribution in [0.3, 0.4) is 0 Å². The highest BCUT2D eigenvalue weighted by molar-refractivity contribution is 14.0. The summed E-state index contributed by atoms with van der Waals surface area (Å²) in [6.45, 7) is 7.00. The molecule has 2 aliphatic rings. The minimum Gasteiger partial charge on any atom is -0.376 e. The lowest BCUT2D eigenvalue weighted by atomic mass is 10.1. The molecule has 2 aliphatic heterocycles. The Labute approximate surface area is 216 Å². The van der Waals surface area contributed by atoms with Crippen molar-refractivity contribution < 1.29 is 14.3 Å². The van der Waals surface area contributed by atoms with Crippen molar-refractivity contribution in [1.29, 1.82) is 0 Å². The second-order valence-electron chi connectivity index (χ2n) is 8.72. The normalized spacial score (nSPS) is 19.6. The first-order chi connectivity index (χ1) is 15.7. The molecule has 1 amide bonds. The molecular formula is C25H41IN4O3. The molecule has 0 saturated carbocycles. The van der Waals surface area contributed by atoms with Crippen molar-refractivity contribution in [3.05, 3.63) is 35.4 Å². The summed E-state index contributed by atoms with van der Waals surface area (Å²) in [5, 5.41) is 6.41. The van der Waals surface area contributed by atoms with Gasteiger partial charge in [0, 0.05) is 45.4 Å². The van der Waals surface area contributed by atoms with Gasteiger partial charge in [-0.2, -0.15) is 0 Å². The van der Waals surface area contributed by atoms with Crippen molar-refractivity contribution >= 4 is 35.8 Å². The van der Waals surface area contributed by atoms with Crippen molar-refractivity contribution in [2.75, 3.05) is 39.9 Å². The van der Waals surface area contributed by atoms with Gasteiger partial charge >= 0.3 is 0 Å². The van der Waals surface area contributed by atoms with Crippen LogP contribution in [0.15, 0.2) is 29.3 Å². The number of unbranched alkanes of at least 4 members (excludes halogenated alkanes) is 1. The number of hydrogen-bond donors (Lipinski definition) is 2. The summed E-state index contributed by atoms with van der Waals surface area (Å²) in [5.74, 6) is 0.911. The van der Waals surface area contributed by atoms with Gasteiger partial charge in [-0.25, -0.2) is 0 Å². The van der Waals surface area contributed by atoms with Crippen LogP contribution >= 0.6 is 24.0 Å². The number of aliphatic imine (C=N–C) groups is 1. The van der Waals surface area contributed by atoms with E-state index in [-0.39, 0.29) is 36.0 Å². The van der Waals surface area contributed by atoms with Crippen molar-refractivity contribution in [3.63, 3.8) is 0 Å². The molecule has 1 atom stereocenters. The molecule has 0 radical (unpaired) electrons. The summed E-state index contributed by atoms with van der Waals surface area (Å²) < 4.78 is 11.9. The van der Waals surface area contributed by atoms with Crippen LogP contribution in [-0.2, 0) is 16.0 Å². The van der Waals surface area contributed by atoms with Crippen LogP contribution in [0.5, 0.6) is 0 Å². The Morgan fingerprint density at radius 1 is 1.15 bits per heavy atom. The van der Waals surface area contributed by atoms with Crippen LogP contribution in [-0.4, -0.2) is 68.9 Å². The Hall–Kier alpha value is -1.39. The first kappa shape index (κ1) is 27.9. The molecule has 0 aliphatic carbocycles. The molecular weight excluding hydrogens is 531 g/mol. The van der Waals surface area contributed by atoms with Crippen molar-refractivity contribution in [2.24, 2.45) is 4.99 Å². The molecule has 2 heterocycles. The lowest BCUT2D eigenvalue weighted by Gasteiger charge is -2.35. The third kappa shape index (κ3) is 9.41. The molecule has 3 rings (SSSR count). The molecule has 33 heavy (non-hydrogen) atoms. The van der Waals surface area contributed by atoms with E-state index in [1.54, 1.807) is 0 Å². The highest BCUT2D eigenvalue weighted by Crippen LogP contribution is 2.18. The number of halogens is 1. The molecule has 8 heteroatoms. The van der Waals surface area contributed by atoms with Gasteiger partial charge in [0.25, 0.3) is 5.91 Å². The van der Waals surface area contributed by atoms with Crippen molar-refractivity contribution in [1.82, 2.24) is 15.5 Å². The average molecular weight is 573 g/mol. The van der Waals surface area contributed by atoms with E-state index in [1.165, 1.54) is 12.8 Å². The fraction of sp³-hybridized carbons (Fsp3) is 0.680. The van der Waals surface area contributed by atoms with Crippen LogP contribution in [0.2, 0.25) is 0 Å². The van der Waals surface area contributed by atoms with E-state index in [0.29, 0.717) is 18.2 Å². The number of rotatable bonds is 9. The van der Waals surface area contributed by atoms with Crippen LogP contribution in [0, 0.1) is 0 Å². The van der Waals surface area contributed by atoms with Crippen molar-refractivity contribution in [2.45, 2.75) is 70.6 Å². The van der Waals surface area contributed by atoms with Gasteiger partial charge in [0.1, 0.15) is 0 Å². The number of guanidine groups is 1. The van der Waals surface area contributed by atoms with Gasteiger partial charge in [0.15, 0.2) is 5.96 Å². The van der Waals surface area contributed by atoms with Gasteiger partial charge in [-0.05, 0) is 56.2 Å². The van der Waals surface area contributed by atoms with Crippen molar-refractivity contribution in [3.8, 4) is 0 Å². The third-order valence-corrected chi connectivity index (χ3v) is 6.23. The zero-order valence-electron chi connectivity index (χ0n) is 20.2. The van der Waals surface area contributed by atoms with E-state index in [4.69, 9.17) is 9.47 Å². The average Bonchev–Trinajstić information content (AvgIpc) is 2.85. The third-order valence-electron chi connectivity index (χ3n) is 6.23. The number of ether oxygens (including phenoxy) is 2. The fourth-order valence-electron chi connectivity index (χ4n) is 4.18. The van der Waals surface area contributed by atoms with Crippen LogP contribution < -0.4 is 10.6 Å². The van der Waals surface area contributed by atoms with Crippen LogP contribution in [0.1, 0.15) is 67.8 Å². The maximum absolute atomic E-state index is 12.1. The van der Waals surface area contributed by atoms with Gasteiger partial charge < -0.3 is 25.0 Å². The molecule has 2 saturated heterocycles. The first-order valence-corrected chi connectivity index (χ1v) is 12.3. The monoisotopic (exact) mass is 572 g/mol. The number of nitrogens with zero attached hydrogens (tertiary/aromatic N) is 2. The topological polar surface area (TPSA) is 75.2 Å². The molecule has 186 valence electrons. The summed E-state index contributed by atoms with van der Waals surface area (Å²) in [5.41, 5.74) is 1.83. The maximum Gasteiger partial charge on any atom is 0.251 e. The van der Waals surface area contributed by atoms with Gasteiger partial charge in [0.05, 0.1) is 18.8 Å². The molecule has 0 bridgehead atoms. The molecule has 7 nitrogen and oxygen atoms in total. The highest BCUT2D eigenvalue weighted by Gasteiger charge is 2.23. The zero-order chi connectivity index (χ0) is 22.6. The summed E-state index contributed by atoms with van der Waals surface area (Å²) in [4.78, 5) is 18.9. The Morgan fingerprint density at radius 3 is 2.55 bits per heavy atom. The summed E-state index contributed by atoms with van der Waals surface area (Å²) in [7, 11) is 1.83. The number of carbonyl (C=O) groups excluding carboxylic acids is 1. The Balaban J connectivity index is 0.00000385. The maximum atomic E-state index is 12.1. The number of benzene rings is 1. The lowest BCUT2D eigenvalue weighted by molar-refractivity contribution is -0.0721. The highest BCUT2D eigenvalue weighted by atomic mass is 127. The van der Waals surface area contributed by atoms with E-state index < -0.39 is 0 Å². The van der Waals surface area contributed by atoms with Gasteiger partial charge in [-0.3, -0.25) is 9.79 Å². The van der Waals surface area contributed by atoms with E-state index in [2.05, 4.69) is 27.4 Å². The van der Waals surface area contributed by atoms with Crippen LogP contribution in [0.25, 0.3) is 0 Å². The van der Waals surface area contributed by atoms with Gasteiger partial charge in [-0.15, -0.1) is 24.0 Å². The molecule has 0 spiro atoms. The number of piperidine rings is 1. The Kier molecular flexibility index (Phi) is 13.1. The quantitative estimate of drug-likeness (QED) is 0.203. The molecule has 1 aromatic rings. The lowest BCUT2D eigenvalue weighted by Crippen LogP contribution is -2.47. The van der Waals surface area contributed by atoms with E-state index in [1.807, 2.05) is 31.3 Å². The summed E-state index contributed by atoms with van der Waals surface area (Å²) >= 11 is 0. The number of amides is 1. The fourth-order valence-corrected chi connectivity index (χ4v) is 4.18. The SMILES string of the molecule is CCCCNC(=O)c1ccc(CNC(=NC)N2CCC(OCC3CCCCO3)CC2)cc1.I. The largest absolute Gasteiger partial charge is 0.376 e. The first-order valence-electron chi connectivity index (χ1n) is 12.3. The summed E-state index contributed by atoms with van der Waals surface area (Å²) in [6.07, 6.45) is 8.25. The number of hydrogen-bond acceptors (Lipinski definition) is 4. The summed E-state index contributed by atoms with van der Waals surface area (Å²) in [6, 6.07) is 7.78. The standard InChI is InChI=1S/C25H40N4O3.HI/c1-3-4-14-27-24(30)21-10-8-20(9-11-21)18-28-25(26-2)29-15-12-22(13-16-29)32-19-23-7-5-6-17-31-23;/h8-11,22-23H,3-7,12-19H2,1-2H3,(H,26,28)(H,27,30);1H. The Morgan fingerprint density at radius 2 is 1.91 bits per heavy atom. The van der Waals surface area contributed by atoms with E-state index in [0.717, 1.165) is 76.5 Å². The molecule has 1 unspecified atom stereocenters. The molecule has 2 N–H and O–H groups in total. The smallest absolute Gasteiger partial charge is 0.251 e. The zero-order valence-corrected chi connectivity index (χ0v) is 22.5. The van der Waals surface area contributed by atoms with Gasteiger partial charge in [0.2, 0.25) is 0 Å². The number of nitrogens with one attached hydrogen (secondary N) is 2. The number of likely N-dealkylation sites (tertiary alicyclic amines) is 1. The minimum atomic E-state index is -0.00564. The molecule has 1 aromatic carbocycles. The minimum absolute atomic E-state index is 0. The Bertz CT molecular complexity index is 715. The van der Waals surface area contributed by atoms with Crippen LogP contribution in [0.4, 0.5) is 0 Å². The van der Waals surface area contributed by atoms with Gasteiger partial charge in [-0.1, -0.05) is 25.5 Å². The van der Waals surface area contributed by atoms with E-state index >= 15 is 0 Å². The second-order valence-corrected chi connectivity index (χ2v) is 8.72. The molecule has 2 fully saturated rings. The molecule has 0 aromatic heterocycles. The van der Waals surface area contributed by atoms with E-state index in [9.17, 15) is 4.79 Å².